The van der Waals surface area contributed by atoms with Crippen molar-refractivity contribution < 1.29 is 9.90 Å². The number of piperidine rings is 1. The van der Waals surface area contributed by atoms with E-state index in [2.05, 4.69) is 58.2 Å². The van der Waals surface area contributed by atoms with Crippen molar-refractivity contribution in [2.24, 2.45) is 0 Å². The van der Waals surface area contributed by atoms with E-state index in [0.29, 0.717) is 24.1 Å². The molecule has 6 nitrogen and oxygen atoms in total. The summed E-state index contributed by atoms with van der Waals surface area (Å²) in [6.45, 7) is 1.74. The highest BCUT2D eigenvalue weighted by atomic mass is 16.4. The molecule has 178 valence electrons. The lowest BCUT2D eigenvalue weighted by molar-refractivity contribution is 0.0694. The number of para-hydroxylation sites is 1. The van der Waals surface area contributed by atoms with Crippen LogP contribution in [0.25, 0.3) is 0 Å². The molecule has 1 N–H and O–H groups in total. The molecule has 0 radical (unpaired) electrons. The summed E-state index contributed by atoms with van der Waals surface area (Å²) >= 11 is 0. The zero-order valence-corrected chi connectivity index (χ0v) is 19.9. The smallest absolute Gasteiger partial charge is 0.339 e. The molecule has 6 heteroatoms. The summed E-state index contributed by atoms with van der Waals surface area (Å²) in [5.74, 6) is -0.286. The van der Waals surface area contributed by atoms with Crippen LogP contribution in [-0.2, 0) is 12.8 Å². The third-order valence-electron chi connectivity index (χ3n) is 6.68. The third kappa shape index (κ3) is 6.13. The number of carboxylic acid groups (broad SMARTS) is 1. The summed E-state index contributed by atoms with van der Waals surface area (Å²) in [6, 6.07) is 21.2. The quantitative estimate of drug-likeness (QED) is 0.448. The number of aryl methyl sites for hydroxylation is 2. The zero-order chi connectivity index (χ0) is 23.8. The normalized spacial score (nSPS) is 15.8. The number of benzene rings is 2. The highest BCUT2D eigenvalue weighted by Gasteiger charge is 2.26. The fourth-order valence-electron chi connectivity index (χ4n) is 4.75. The van der Waals surface area contributed by atoms with Crippen molar-refractivity contribution in [2.75, 3.05) is 29.9 Å². The predicted molar refractivity (Wildman–Crippen MR) is 137 cm³/mol. The second kappa shape index (κ2) is 11.6. The van der Waals surface area contributed by atoms with E-state index in [1.54, 1.807) is 0 Å². The van der Waals surface area contributed by atoms with E-state index in [0.717, 1.165) is 50.9 Å². The van der Waals surface area contributed by atoms with Crippen LogP contribution in [0.2, 0.25) is 0 Å². The van der Waals surface area contributed by atoms with Crippen LogP contribution in [0.15, 0.2) is 66.9 Å². The van der Waals surface area contributed by atoms with Gasteiger partial charge in [0.2, 0.25) is 5.95 Å². The van der Waals surface area contributed by atoms with Crippen LogP contribution in [0.3, 0.4) is 0 Å². The number of anilines is 2. The first-order valence-corrected chi connectivity index (χ1v) is 12.3. The molecule has 34 heavy (non-hydrogen) atoms. The standard InChI is InChI=1S/C28H34N4O2/c1-31(23-13-6-3-7-14-23)19-10-16-26-25(27(33)34)21-29-28(30-26)32-20-9-8-15-24(32)18-17-22-11-4-2-5-12-22/h2-7,11-14,21,24H,8-10,15-20H2,1H3,(H,33,34). The van der Waals surface area contributed by atoms with E-state index in [-0.39, 0.29) is 5.56 Å². The Morgan fingerprint density at radius 3 is 2.53 bits per heavy atom. The largest absolute Gasteiger partial charge is 0.478 e. The first-order chi connectivity index (χ1) is 16.6. The summed E-state index contributed by atoms with van der Waals surface area (Å²) in [7, 11) is 2.06. The number of aromatic nitrogens is 2. The number of carboxylic acids is 1. The van der Waals surface area contributed by atoms with Gasteiger partial charge in [-0.2, -0.15) is 0 Å². The molecule has 0 spiro atoms. The van der Waals surface area contributed by atoms with Gasteiger partial charge in [0.05, 0.1) is 11.3 Å². The summed E-state index contributed by atoms with van der Waals surface area (Å²) in [4.78, 5) is 25.6. The Bertz CT molecular complexity index is 1060. The first-order valence-electron chi connectivity index (χ1n) is 12.3. The predicted octanol–water partition coefficient (Wildman–Crippen LogP) is 5.24. The lowest BCUT2D eigenvalue weighted by Gasteiger charge is -2.36. The summed E-state index contributed by atoms with van der Waals surface area (Å²) < 4.78 is 0. The second-order valence-corrected chi connectivity index (χ2v) is 9.06. The van der Waals surface area contributed by atoms with Gasteiger partial charge in [0, 0.05) is 38.1 Å². The molecule has 0 saturated carbocycles. The summed E-state index contributed by atoms with van der Waals surface area (Å²) in [5, 5.41) is 9.71. The van der Waals surface area contributed by atoms with Crippen molar-refractivity contribution in [3.05, 3.63) is 83.7 Å². The van der Waals surface area contributed by atoms with Gasteiger partial charge >= 0.3 is 5.97 Å². The third-order valence-corrected chi connectivity index (χ3v) is 6.68. The molecule has 0 amide bonds. The van der Waals surface area contributed by atoms with E-state index in [4.69, 9.17) is 4.98 Å². The van der Waals surface area contributed by atoms with Crippen molar-refractivity contribution in [1.29, 1.82) is 0 Å². The van der Waals surface area contributed by atoms with Crippen LogP contribution in [0.4, 0.5) is 11.6 Å². The second-order valence-electron chi connectivity index (χ2n) is 9.06. The maximum absolute atomic E-state index is 11.8. The Morgan fingerprint density at radius 2 is 1.79 bits per heavy atom. The van der Waals surface area contributed by atoms with Crippen molar-refractivity contribution >= 4 is 17.6 Å². The van der Waals surface area contributed by atoms with E-state index in [9.17, 15) is 9.90 Å². The maximum atomic E-state index is 11.8. The molecule has 2 aromatic carbocycles. The molecule has 1 atom stereocenters. The van der Waals surface area contributed by atoms with Crippen LogP contribution in [-0.4, -0.2) is 47.2 Å². The van der Waals surface area contributed by atoms with Crippen LogP contribution in [0.1, 0.15) is 53.7 Å². The van der Waals surface area contributed by atoms with Crippen molar-refractivity contribution in [1.82, 2.24) is 9.97 Å². The minimum absolute atomic E-state index is 0.212. The molecular formula is C28H34N4O2. The number of hydrogen-bond acceptors (Lipinski definition) is 5. The first kappa shape index (κ1) is 23.7. The van der Waals surface area contributed by atoms with Crippen LogP contribution in [0, 0.1) is 0 Å². The Kier molecular flexibility index (Phi) is 8.12. The lowest BCUT2D eigenvalue weighted by atomic mass is 9.96. The molecular weight excluding hydrogens is 424 g/mol. The highest BCUT2D eigenvalue weighted by Crippen LogP contribution is 2.26. The van der Waals surface area contributed by atoms with Gasteiger partial charge in [-0.25, -0.2) is 14.8 Å². The molecule has 3 aromatic rings. The van der Waals surface area contributed by atoms with Crippen molar-refractivity contribution in [3.63, 3.8) is 0 Å². The molecule has 0 bridgehead atoms. The number of rotatable bonds is 10. The minimum Gasteiger partial charge on any atom is -0.478 e. The lowest BCUT2D eigenvalue weighted by Crippen LogP contribution is -2.41. The molecule has 4 rings (SSSR count). The molecule has 1 fully saturated rings. The van der Waals surface area contributed by atoms with Gasteiger partial charge in [-0.15, -0.1) is 0 Å². The molecule has 1 aromatic heterocycles. The average molecular weight is 459 g/mol. The van der Waals surface area contributed by atoms with Crippen LogP contribution in [0.5, 0.6) is 0 Å². The Morgan fingerprint density at radius 1 is 1.06 bits per heavy atom. The Labute approximate surface area is 202 Å². The monoisotopic (exact) mass is 458 g/mol. The molecule has 1 aliphatic rings. The number of nitrogens with zero attached hydrogens (tertiary/aromatic N) is 4. The molecule has 0 aliphatic carbocycles. The Balaban J connectivity index is 1.45. The number of hydrogen-bond donors (Lipinski definition) is 1. The van der Waals surface area contributed by atoms with E-state index >= 15 is 0 Å². The van der Waals surface area contributed by atoms with Gasteiger partial charge in [-0.05, 0) is 62.6 Å². The summed E-state index contributed by atoms with van der Waals surface area (Å²) in [5.41, 5.74) is 3.34. The molecule has 1 saturated heterocycles. The number of carbonyl (C=O) groups is 1. The van der Waals surface area contributed by atoms with Gasteiger partial charge < -0.3 is 14.9 Å². The van der Waals surface area contributed by atoms with Gasteiger partial charge in [0.15, 0.2) is 0 Å². The van der Waals surface area contributed by atoms with Gasteiger partial charge in [0.1, 0.15) is 0 Å². The summed E-state index contributed by atoms with van der Waals surface area (Å²) in [6.07, 6.45) is 8.44. The Hall–Kier alpha value is -3.41. The average Bonchev–Trinajstić information content (AvgIpc) is 2.88. The van der Waals surface area contributed by atoms with E-state index in [1.807, 2.05) is 24.3 Å². The number of aromatic carboxylic acids is 1. The van der Waals surface area contributed by atoms with Crippen LogP contribution >= 0.6 is 0 Å². The molecule has 2 heterocycles. The fraction of sp³-hybridized carbons (Fsp3) is 0.393. The van der Waals surface area contributed by atoms with Crippen molar-refractivity contribution in [2.45, 2.75) is 51.0 Å². The van der Waals surface area contributed by atoms with Gasteiger partial charge in [-0.3, -0.25) is 0 Å². The van der Waals surface area contributed by atoms with Crippen LogP contribution < -0.4 is 9.80 Å². The molecule has 1 aliphatic heterocycles. The maximum Gasteiger partial charge on any atom is 0.339 e. The SMILES string of the molecule is CN(CCCc1nc(N2CCCCC2CCc2ccccc2)ncc1C(=O)O)c1ccccc1. The van der Waals surface area contributed by atoms with Gasteiger partial charge in [-0.1, -0.05) is 48.5 Å². The topological polar surface area (TPSA) is 69.6 Å². The molecule has 1 unspecified atom stereocenters. The minimum atomic E-state index is -0.961. The van der Waals surface area contributed by atoms with Crippen molar-refractivity contribution in [3.8, 4) is 0 Å². The van der Waals surface area contributed by atoms with Gasteiger partial charge in [0.25, 0.3) is 0 Å². The highest BCUT2D eigenvalue weighted by molar-refractivity contribution is 5.88. The van der Waals surface area contributed by atoms with E-state index < -0.39 is 5.97 Å². The zero-order valence-electron chi connectivity index (χ0n) is 19.9. The van der Waals surface area contributed by atoms with E-state index in [1.165, 1.54) is 18.2 Å². The fourth-order valence-corrected chi connectivity index (χ4v) is 4.75.